The van der Waals surface area contributed by atoms with Crippen molar-refractivity contribution in [1.82, 2.24) is 0 Å². The molecular formula is C20H36O3Si2. The van der Waals surface area contributed by atoms with Crippen molar-refractivity contribution >= 4 is 18.1 Å². The van der Waals surface area contributed by atoms with E-state index < -0.39 is 23.9 Å². The van der Waals surface area contributed by atoms with Gasteiger partial charge in [0.05, 0.1) is 0 Å². The molecule has 2 unspecified atom stereocenters. The smallest absolute Gasteiger partial charge is 0.204 e. The molecule has 1 aromatic carbocycles. The molecule has 0 spiro atoms. The summed E-state index contributed by atoms with van der Waals surface area (Å²) in [5.41, 5.74) is 0. The van der Waals surface area contributed by atoms with Crippen LogP contribution in [-0.2, 0) is 8.85 Å². The maximum absolute atomic E-state index is 6.55. The second-order valence-electron chi connectivity index (χ2n) is 8.87. The van der Waals surface area contributed by atoms with Crippen molar-refractivity contribution in [2.45, 2.75) is 70.5 Å². The summed E-state index contributed by atoms with van der Waals surface area (Å²) in [6.07, 6.45) is 1.79. The van der Waals surface area contributed by atoms with Crippen molar-refractivity contribution in [3.05, 3.63) is 43.0 Å². The molecule has 0 aliphatic carbocycles. The van der Waals surface area contributed by atoms with E-state index >= 15 is 0 Å². The number of hydrogen-bond donors (Lipinski definition) is 0. The Morgan fingerprint density at radius 2 is 1.32 bits per heavy atom. The number of para-hydroxylation sites is 1. The van der Waals surface area contributed by atoms with Gasteiger partial charge in [-0.05, 0) is 41.4 Å². The molecule has 1 rings (SSSR count). The van der Waals surface area contributed by atoms with Crippen LogP contribution >= 0.6 is 0 Å². The minimum Gasteiger partial charge on any atom is -0.488 e. The fourth-order valence-electron chi connectivity index (χ4n) is 1.90. The van der Waals surface area contributed by atoms with Gasteiger partial charge in [-0.1, -0.05) is 66.3 Å². The van der Waals surface area contributed by atoms with E-state index in [0.717, 1.165) is 5.75 Å². The van der Waals surface area contributed by atoms with Crippen molar-refractivity contribution in [3.8, 4) is 5.75 Å². The van der Waals surface area contributed by atoms with Crippen LogP contribution in [0.15, 0.2) is 43.0 Å². The molecule has 0 aliphatic heterocycles. The van der Waals surface area contributed by atoms with Crippen molar-refractivity contribution < 1.29 is 13.6 Å². The first kappa shape index (κ1) is 22.2. The molecule has 0 fully saturated rings. The predicted octanol–water partition coefficient (Wildman–Crippen LogP) is 5.29. The monoisotopic (exact) mass is 380 g/mol. The van der Waals surface area contributed by atoms with E-state index in [-0.39, 0.29) is 10.1 Å². The maximum Gasteiger partial charge on any atom is 0.204 e. The lowest BCUT2D eigenvalue weighted by molar-refractivity contribution is -0.108. The van der Waals surface area contributed by atoms with Gasteiger partial charge in [0.25, 0.3) is 0 Å². The Morgan fingerprint density at radius 3 is 1.68 bits per heavy atom. The molecule has 142 valence electrons. The molecule has 0 aliphatic rings. The highest BCUT2D eigenvalue weighted by Crippen LogP contribution is 2.35. The Balaban J connectivity index is 3.02. The van der Waals surface area contributed by atoms with Crippen LogP contribution in [0.2, 0.25) is 23.2 Å². The standard InChI is InChI=1S/C20H36O3Si2/c1-10-20(22-24(8)18(2,3)4,23-25(9)19(5,6)7)16-21-17-14-12-11-13-15-17/h10-15,24-25H,1,16H2,2-9H3. The third kappa shape index (κ3) is 7.09. The number of ether oxygens (including phenoxy) is 1. The SMILES string of the molecule is C=CC(COc1ccccc1)(O[SiH](C)C(C)(C)C)O[SiH](C)C(C)(C)C. The summed E-state index contributed by atoms with van der Waals surface area (Å²) >= 11 is 0. The first-order chi connectivity index (χ1) is 11.4. The average Bonchev–Trinajstić information content (AvgIpc) is 2.51. The normalized spacial score (nSPS) is 17.4. The average molecular weight is 381 g/mol. The minimum absolute atomic E-state index is 0.136. The van der Waals surface area contributed by atoms with E-state index in [4.69, 9.17) is 13.6 Å². The summed E-state index contributed by atoms with van der Waals surface area (Å²) in [5.74, 6) is -0.0655. The number of rotatable bonds is 8. The lowest BCUT2D eigenvalue weighted by Gasteiger charge is -2.41. The molecule has 0 aromatic heterocycles. The zero-order valence-electron chi connectivity index (χ0n) is 17.3. The second kappa shape index (κ2) is 8.67. The Kier molecular flexibility index (Phi) is 7.68. The summed E-state index contributed by atoms with van der Waals surface area (Å²) in [6, 6.07) is 9.80. The molecule has 1 aromatic rings. The van der Waals surface area contributed by atoms with Gasteiger partial charge in [-0.3, -0.25) is 0 Å². The van der Waals surface area contributed by atoms with Gasteiger partial charge in [-0.15, -0.1) is 0 Å². The number of hydrogen-bond acceptors (Lipinski definition) is 3. The maximum atomic E-state index is 6.55. The van der Waals surface area contributed by atoms with Gasteiger partial charge in [-0.25, -0.2) is 0 Å². The molecule has 0 N–H and O–H groups in total. The van der Waals surface area contributed by atoms with Gasteiger partial charge in [0, 0.05) is 0 Å². The lowest BCUT2D eigenvalue weighted by Crippen LogP contribution is -2.50. The van der Waals surface area contributed by atoms with E-state index in [0.29, 0.717) is 6.61 Å². The zero-order chi connectivity index (χ0) is 19.3. The molecule has 0 saturated heterocycles. The third-order valence-electron chi connectivity index (χ3n) is 4.69. The zero-order valence-corrected chi connectivity index (χ0v) is 19.6. The molecule has 5 heteroatoms. The van der Waals surface area contributed by atoms with E-state index in [2.05, 4.69) is 61.2 Å². The molecule has 0 saturated carbocycles. The Labute approximate surface area is 157 Å². The highest BCUT2D eigenvalue weighted by Gasteiger charge is 2.40. The van der Waals surface area contributed by atoms with Gasteiger partial charge in [-0.2, -0.15) is 0 Å². The lowest BCUT2D eigenvalue weighted by atomic mass is 10.2. The van der Waals surface area contributed by atoms with Crippen LogP contribution in [0.3, 0.4) is 0 Å². The van der Waals surface area contributed by atoms with E-state index in [1.54, 1.807) is 6.08 Å². The molecule has 25 heavy (non-hydrogen) atoms. The summed E-state index contributed by atoms with van der Waals surface area (Å²) < 4.78 is 19.1. The van der Waals surface area contributed by atoms with Crippen LogP contribution in [0.1, 0.15) is 41.5 Å². The molecule has 0 radical (unpaired) electrons. The largest absolute Gasteiger partial charge is 0.488 e. The third-order valence-corrected chi connectivity index (χ3v) is 11.1. The molecule has 0 amide bonds. The summed E-state index contributed by atoms with van der Waals surface area (Å²) in [5, 5.41) is 0.272. The van der Waals surface area contributed by atoms with Gasteiger partial charge in [0.2, 0.25) is 5.79 Å². The van der Waals surface area contributed by atoms with Crippen molar-refractivity contribution in [1.29, 1.82) is 0 Å². The predicted molar refractivity (Wildman–Crippen MR) is 112 cm³/mol. The molecule has 3 nitrogen and oxygen atoms in total. The first-order valence-corrected chi connectivity index (χ1v) is 13.5. The van der Waals surface area contributed by atoms with Gasteiger partial charge < -0.3 is 13.6 Å². The Bertz CT molecular complexity index is 510. The summed E-state index contributed by atoms with van der Waals surface area (Å²) in [6.45, 7) is 22.1. The van der Waals surface area contributed by atoms with E-state index in [1.807, 2.05) is 30.3 Å². The highest BCUT2D eigenvalue weighted by molar-refractivity contribution is 6.55. The molecule has 0 bridgehead atoms. The first-order valence-electron chi connectivity index (χ1n) is 9.07. The number of benzene rings is 1. The van der Waals surface area contributed by atoms with Crippen molar-refractivity contribution in [2.24, 2.45) is 0 Å². The molecule has 2 atom stereocenters. The Hall–Kier alpha value is -0.886. The highest BCUT2D eigenvalue weighted by atomic mass is 28.3. The quantitative estimate of drug-likeness (QED) is 0.348. The van der Waals surface area contributed by atoms with Crippen LogP contribution in [0.25, 0.3) is 0 Å². The van der Waals surface area contributed by atoms with Crippen LogP contribution in [-0.4, -0.2) is 30.5 Å². The minimum atomic E-state index is -1.53. The molecular weight excluding hydrogens is 344 g/mol. The van der Waals surface area contributed by atoms with E-state index in [1.165, 1.54) is 0 Å². The topological polar surface area (TPSA) is 27.7 Å². The van der Waals surface area contributed by atoms with Crippen molar-refractivity contribution in [2.75, 3.05) is 6.61 Å². The second-order valence-corrected chi connectivity index (χ2v) is 15.4. The van der Waals surface area contributed by atoms with Crippen LogP contribution in [0.5, 0.6) is 5.75 Å². The van der Waals surface area contributed by atoms with Crippen molar-refractivity contribution in [3.63, 3.8) is 0 Å². The van der Waals surface area contributed by atoms with Gasteiger partial charge in [0.1, 0.15) is 12.4 Å². The fraction of sp³-hybridized carbons (Fsp3) is 0.600. The summed E-state index contributed by atoms with van der Waals surface area (Å²) in [4.78, 5) is 0. The Morgan fingerprint density at radius 1 is 0.880 bits per heavy atom. The van der Waals surface area contributed by atoms with Gasteiger partial charge in [0.15, 0.2) is 18.1 Å². The molecule has 0 heterocycles. The summed E-state index contributed by atoms with van der Waals surface area (Å²) in [7, 11) is -3.05. The van der Waals surface area contributed by atoms with Gasteiger partial charge >= 0.3 is 0 Å². The fourth-order valence-corrected chi connectivity index (χ4v) is 4.36. The van der Waals surface area contributed by atoms with E-state index in [9.17, 15) is 0 Å². The van der Waals surface area contributed by atoms with Crippen LogP contribution in [0, 0.1) is 0 Å². The van der Waals surface area contributed by atoms with Crippen LogP contribution in [0.4, 0.5) is 0 Å². The van der Waals surface area contributed by atoms with Crippen LogP contribution < -0.4 is 4.74 Å².